The molecule has 2 aromatic rings. The lowest BCUT2D eigenvalue weighted by Crippen LogP contribution is -2.46. The van der Waals surface area contributed by atoms with E-state index in [2.05, 4.69) is 22.0 Å². The van der Waals surface area contributed by atoms with Crippen molar-refractivity contribution in [1.29, 1.82) is 0 Å². The Kier molecular flexibility index (Phi) is 2.88. The van der Waals surface area contributed by atoms with Gasteiger partial charge in [-0.25, -0.2) is 19.9 Å². The van der Waals surface area contributed by atoms with Gasteiger partial charge in [0.15, 0.2) is 5.82 Å². The van der Waals surface area contributed by atoms with Gasteiger partial charge in [-0.1, -0.05) is 0 Å². The van der Waals surface area contributed by atoms with E-state index in [1.165, 1.54) is 17.7 Å². The van der Waals surface area contributed by atoms with Crippen LogP contribution in [-0.2, 0) is 30.7 Å². The van der Waals surface area contributed by atoms with Gasteiger partial charge < -0.3 is 9.64 Å². The molecule has 1 unspecified atom stereocenters. The summed E-state index contributed by atoms with van der Waals surface area (Å²) < 4.78 is 7.80. The molecular weight excluding hydrogens is 308 g/mol. The van der Waals surface area contributed by atoms with E-state index < -0.39 is 0 Å². The first kappa shape index (κ1) is 14.2. The quantitative estimate of drug-likeness (QED) is 0.812. The number of nitrogens with zero attached hydrogens (tertiary/aromatic N) is 5. The Labute approximate surface area is 138 Å². The molecule has 4 heterocycles. The van der Waals surface area contributed by atoms with Gasteiger partial charge in [-0.15, -0.1) is 0 Å². The van der Waals surface area contributed by atoms with Gasteiger partial charge in [0.25, 0.3) is 0 Å². The van der Waals surface area contributed by atoms with Crippen LogP contribution in [0.2, 0.25) is 0 Å². The number of H-pyrrole nitrogens is 1. The predicted molar refractivity (Wildman–Crippen MR) is 86.0 cm³/mol. The highest BCUT2D eigenvalue weighted by Crippen LogP contribution is 2.34. The van der Waals surface area contributed by atoms with Gasteiger partial charge in [0.05, 0.1) is 13.1 Å². The predicted octanol–water partition coefficient (Wildman–Crippen LogP) is 0.338. The van der Waals surface area contributed by atoms with Crippen LogP contribution in [0.15, 0.2) is 4.79 Å². The molecule has 0 saturated carbocycles. The van der Waals surface area contributed by atoms with E-state index in [1.54, 1.807) is 4.57 Å². The maximum atomic E-state index is 11.9. The van der Waals surface area contributed by atoms with Crippen molar-refractivity contribution in [2.45, 2.75) is 51.4 Å². The molecular formula is C16H20N6O2. The lowest BCUT2D eigenvalue weighted by atomic mass is 10.0. The third kappa shape index (κ3) is 2.02. The number of ether oxygens (including phenoxy) is 1. The molecule has 0 bridgehead atoms. The van der Waals surface area contributed by atoms with Crippen molar-refractivity contribution in [3.8, 4) is 0 Å². The van der Waals surface area contributed by atoms with E-state index in [4.69, 9.17) is 14.7 Å². The molecule has 1 saturated heterocycles. The van der Waals surface area contributed by atoms with Crippen molar-refractivity contribution in [2.75, 3.05) is 18.0 Å². The monoisotopic (exact) mass is 328 g/mol. The molecule has 0 aromatic carbocycles. The van der Waals surface area contributed by atoms with Crippen molar-refractivity contribution < 1.29 is 4.74 Å². The van der Waals surface area contributed by atoms with E-state index in [1.807, 2.05) is 0 Å². The lowest BCUT2D eigenvalue weighted by Gasteiger charge is -2.33. The molecule has 1 atom stereocenters. The Balaban J connectivity index is 1.43. The van der Waals surface area contributed by atoms with Gasteiger partial charge in [0, 0.05) is 17.9 Å². The second-order valence-corrected chi connectivity index (χ2v) is 7.06. The number of aromatic amines is 1. The van der Waals surface area contributed by atoms with Gasteiger partial charge >= 0.3 is 5.69 Å². The molecule has 8 nitrogen and oxygen atoms in total. The largest absolute Gasteiger partial charge is 0.363 e. The fourth-order valence-electron chi connectivity index (χ4n) is 4.18. The summed E-state index contributed by atoms with van der Waals surface area (Å²) in [7, 11) is 0. The molecule has 2 aromatic heterocycles. The number of hydrogen-bond acceptors (Lipinski definition) is 6. The smallest absolute Gasteiger partial charge is 0.343 e. The standard InChI is InChI=1S/C16H20N6O2/c1-10-11-3-2-4-12(11)18-14(17-10)21-6-5-16(8-21)9-22-13(7-24-16)19-20-15(22)23/h2-9H2,1H3,(H,20,23). The Bertz CT molecular complexity index is 872. The van der Waals surface area contributed by atoms with Crippen molar-refractivity contribution in [2.24, 2.45) is 0 Å². The lowest BCUT2D eigenvalue weighted by molar-refractivity contribution is -0.0760. The second-order valence-electron chi connectivity index (χ2n) is 7.06. The average molecular weight is 328 g/mol. The molecule has 24 heavy (non-hydrogen) atoms. The minimum atomic E-state index is -0.350. The number of aryl methyl sites for hydroxylation is 2. The highest BCUT2D eigenvalue weighted by molar-refractivity contribution is 5.40. The van der Waals surface area contributed by atoms with Crippen LogP contribution in [0, 0.1) is 6.92 Å². The van der Waals surface area contributed by atoms with Crippen LogP contribution < -0.4 is 10.6 Å². The molecule has 8 heteroatoms. The summed E-state index contributed by atoms with van der Waals surface area (Å²) in [6.45, 7) is 4.55. The average Bonchev–Trinajstić information content (AvgIpc) is 3.28. The van der Waals surface area contributed by atoms with Crippen LogP contribution >= 0.6 is 0 Å². The topological polar surface area (TPSA) is 88.9 Å². The van der Waals surface area contributed by atoms with Crippen molar-refractivity contribution in [3.63, 3.8) is 0 Å². The number of rotatable bonds is 1. The van der Waals surface area contributed by atoms with Crippen LogP contribution in [0.5, 0.6) is 0 Å². The number of fused-ring (bicyclic) bond motifs is 2. The van der Waals surface area contributed by atoms with Crippen LogP contribution in [-0.4, -0.2) is 43.4 Å². The van der Waals surface area contributed by atoms with E-state index >= 15 is 0 Å². The molecule has 3 aliphatic rings. The molecule has 1 N–H and O–H groups in total. The van der Waals surface area contributed by atoms with Gasteiger partial charge in [-0.3, -0.25) is 4.57 Å². The summed E-state index contributed by atoms with van der Waals surface area (Å²) in [6.07, 6.45) is 4.19. The van der Waals surface area contributed by atoms with E-state index in [9.17, 15) is 4.79 Å². The number of anilines is 1. The van der Waals surface area contributed by atoms with Crippen LogP contribution in [0.4, 0.5) is 5.95 Å². The summed E-state index contributed by atoms with van der Waals surface area (Å²) in [5.41, 5.74) is 3.13. The van der Waals surface area contributed by atoms with Crippen molar-refractivity contribution in [1.82, 2.24) is 24.7 Å². The summed E-state index contributed by atoms with van der Waals surface area (Å²) in [5, 5.41) is 6.50. The number of hydrogen-bond donors (Lipinski definition) is 1. The first-order chi connectivity index (χ1) is 11.6. The zero-order valence-corrected chi connectivity index (χ0v) is 13.7. The van der Waals surface area contributed by atoms with E-state index in [0.717, 1.165) is 37.4 Å². The molecule has 0 radical (unpaired) electrons. The third-order valence-electron chi connectivity index (χ3n) is 5.52. The SMILES string of the molecule is Cc1nc(N2CCC3(C2)Cn2c(n[nH]c2=O)CO3)nc2c1CCC2. The van der Waals surface area contributed by atoms with Crippen molar-refractivity contribution >= 4 is 5.95 Å². The summed E-state index contributed by atoms with van der Waals surface area (Å²) in [5.74, 6) is 1.48. The molecule has 1 aliphatic carbocycles. The fraction of sp³-hybridized carbons (Fsp3) is 0.625. The molecule has 2 aliphatic heterocycles. The zero-order valence-electron chi connectivity index (χ0n) is 13.7. The second kappa shape index (κ2) is 4.89. The summed E-state index contributed by atoms with van der Waals surface area (Å²) >= 11 is 0. The minimum Gasteiger partial charge on any atom is -0.363 e. The van der Waals surface area contributed by atoms with Crippen LogP contribution in [0.3, 0.4) is 0 Å². The Morgan fingerprint density at radius 3 is 3.08 bits per heavy atom. The van der Waals surface area contributed by atoms with Crippen LogP contribution in [0.1, 0.15) is 35.6 Å². The van der Waals surface area contributed by atoms with Gasteiger partial charge in [0.1, 0.15) is 12.2 Å². The first-order valence-electron chi connectivity index (χ1n) is 8.53. The molecule has 1 fully saturated rings. The molecule has 5 rings (SSSR count). The molecule has 126 valence electrons. The highest BCUT2D eigenvalue weighted by atomic mass is 16.5. The number of aromatic nitrogens is 5. The molecule has 0 amide bonds. The van der Waals surface area contributed by atoms with E-state index in [-0.39, 0.29) is 11.3 Å². The number of nitrogens with one attached hydrogen (secondary N) is 1. The normalized spacial score (nSPS) is 25.3. The Hall–Kier alpha value is -2.22. The maximum absolute atomic E-state index is 11.9. The van der Waals surface area contributed by atoms with Gasteiger partial charge in [-0.2, -0.15) is 5.10 Å². The minimum absolute atomic E-state index is 0.157. The Morgan fingerprint density at radius 2 is 2.17 bits per heavy atom. The van der Waals surface area contributed by atoms with Gasteiger partial charge in [-0.05, 0) is 38.2 Å². The fourth-order valence-corrected chi connectivity index (χ4v) is 4.18. The van der Waals surface area contributed by atoms with Crippen molar-refractivity contribution in [3.05, 3.63) is 33.3 Å². The summed E-state index contributed by atoms with van der Waals surface area (Å²) in [4.78, 5) is 23.6. The zero-order chi connectivity index (χ0) is 16.3. The highest BCUT2D eigenvalue weighted by Gasteiger charge is 2.44. The maximum Gasteiger partial charge on any atom is 0.343 e. The molecule has 1 spiro atoms. The van der Waals surface area contributed by atoms with E-state index in [0.29, 0.717) is 25.5 Å². The van der Waals surface area contributed by atoms with Gasteiger partial charge in [0.2, 0.25) is 5.95 Å². The first-order valence-corrected chi connectivity index (χ1v) is 8.53. The van der Waals surface area contributed by atoms with Crippen LogP contribution in [0.25, 0.3) is 0 Å². The third-order valence-corrected chi connectivity index (χ3v) is 5.52. The Morgan fingerprint density at radius 1 is 1.25 bits per heavy atom. The summed E-state index contributed by atoms with van der Waals surface area (Å²) in [6, 6.07) is 0.